The quantitative estimate of drug-likeness (QED) is 0.326. The zero-order chi connectivity index (χ0) is 21.8. The lowest BCUT2D eigenvalue weighted by molar-refractivity contribution is 0.618. The lowest BCUT2D eigenvalue weighted by Gasteiger charge is -2.09. The highest BCUT2D eigenvalue weighted by Crippen LogP contribution is 2.42. The summed E-state index contributed by atoms with van der Waals surface area (Å²) in [5.41, 5.74) is 6.05. The summed E-state index contributed by atoms with van der Waals surface area (Å²) in [7, 11) is 1.93. The van der Waals surface area contributed by atoms with Gasteiger partial charge in [-0.05, 0) is 29.7 Å². The average Bonchev–Trinajstić information content (AvgIpc) is 3.26. The van der Waals surface area contributed by atoms with Crippen molar-refractivity contribution in [1.29, 1.82) is 0 Å². The molecule has 3 aromatic carbocycles. The number of rotatable bonds is 7. The Bertz CT molecular complexity index is 1310. The van der Waals surface area contributed by atoms with E-state index in [4.69, 9.17) is 4.42 Å². The van der Waals surface area contributed by atoms with Crippen LogP contribution in [0.2, 0.25) is 0 Å². The van der Waals surface area contributed by atoms with Crippen LogP contribution in [-0.4, -0.2) is 23.6 Å². The van der Waals surface area contributed by atoms with E-state index in [-0.39, 0.29) is 0 Å². The topological polar surface area (TPSA) is 63.0 Å². The fourth-order valence-electron chi connectivity index (χ4n) is 3.90. The van der Waals surface area contributed by atoms with Gasteiger partial charge < -0.3 is 15.1 Å². The highest BCUT2D eigenvalue weighted by Gasteiger charge is 2.21. The first-order chi connectivity index (χ1) is 15.8. The molecule has 0 unspecified atom stereocenters. The van der Waals surface area contributed by atoms with Crippen LogP contribution in [0.15, 0.2) is 95.7 Å². The van der Waals surface area contributed by atoms with Crippen molar-refractivity contribution in [3.05, 3.63) is 96.8 Å². The standard InChI is InChI=1S/C27H24N4O/c1-28-22-14-12-19(13-15-22)16-17-29-26-24-23(20-8-4-2-5-9-20)25(21-10-6-3-7-11-21)32-27(24)31-18-30-26/h2-15,18,28H,16-17H2,1H3,(H,29,30,31). The number of aromatic nitrogens is 2. The first-order valence-corrected chi connectivity index (χ1v) is 10.7. The van der Waals surface area contributed by atoms with Crippen molar-refractivity contribution in [2.24, 2.45) is 0 Å². The minimum atomic E-state index is 0.582. The van der Waals surface area contributed by atoms with Gasteiger partial charge in [0.25, 0.3) is 0 Å². The first kappa shape index (κ1) is 19.8. The van der Waals surface area contributed by atoms with Gasteiger partial charge in [0.05, 0.1) is 5.39 Å². The molecule has 2 heterocycles. The third-order valence-electron chi connectivity index (χ3n) is 5.54. The summed E-state index contributed by atoms with van der Waals surface area (Å²) >= 11 is 0. The molecule has 0 bridgehead atoms. The van der Waals surface area contributed by atoms with Gasteiger partial charge in [0.1, 0.15) is 17.9 Å². The van der Waals surface area contributed by atoms with Crippen LogP contribution in [0, 0.1) is 0 Å². The van der Waals surface area contributed by atoms with Crippen molar-refractivity contribution in [2.45, 2.75) is 6.42 Å². The van der Waals surface area contributed by atoms with Gasteiger partial charge in [-0.2, -0.15) is 0 Å². The third-order valence-corrected chi connectivity index (χ3v) is 5.54. The van der Waals surface area contributed by atoms with Crippen molar-refractivity contribution in [2.75, 3.05) is 24.2 Å². The maximum absolute atomic E-state index is 6.27. The number of furan rings is 1. The molecule has 0 amide bonds. The van der Waals surface area contributed by atoms with Crippen LogP contribution >= 0.6 is 0 Å². The van der Waals surface area contributed by atoms with Crippen molar-refractivity contribution in [3.8, 4) is 22.5 Å². The maximum atomic E-state index is 6.27. The predicted molar refractivity (Wildman–Crippen MR) is 131 cm³/mol. The molecule has 0 aliphatic heterocycles. The molecule has 0 radical (unpaired) electrons. The summed E-state index contributed by atoms with van der Waals surface area (Å²) in [4.78, 5) is 9.00. The molecule has 0 aliphatic carbocycles. The van der Waals surface area contributed by atoms with E-state index in [1.165, 1.54) is 5.56 Å². The second-order valence-electron chi connectivity index (χ2n) is 7.56. The number of hydrogen-bond donors (Lipinski definition) is 2. The molecule has 5 nitrogen and oxygen atoms in total. The van der Waals surface area contributed by atoms with Crippen LogP contribution in [0.4, 0.5) is 11.5 Å². The number of nitrogens with zero attached hydrogens (tertiary/aromatic N) is 2. The summed E-state index contributed by atoms with van der Waals surface area (Å²) in [6.45, 7) is 0.755. The molecule has 158 valence electrons. The Morgan fingerprint density at radius 2 is 1.47 bits per heavy atom. The highest BCUT2D eigenvalue weighted by molar-refractivity contribution is 6.05. The molecular formula is C27H24N4O. The molecule has 32 heavy (non-hydrogen) atoms. The van der Waals surface area contributed by atoms with Crippen molar-refractivity contribution in [1.82, 2.24) is 9.97 Å². The van der Waals surface area contributed by atoms with Gasteiger partial charge in [-0.15, -0.1) is 0 Å². The van der Waals surface area contributed by atoms with E-state index in [2.05, 4.69) is 69.1 Å². The normalized spacial score (nSPS) is 10.9. The molecule has 0 saturated heterocycles. The van der Waals surface area contributed by atoms with Gasteiger partial charge in [0.2, 0.25) is 5.71 Å². The summed E-state index contributed by atoms with van der Waals surface area (Å²) < 4.78 is 6.27. The van der Waals surface area contributed by atoms with E-state index in [1.54, 1.807) is 6.33 Å². The Hall–Kier alpha value is -4.12. The van der Waals surface area contributed by atoms with Gasteiger partial charge in [0, 0.05) is 30.4 Å². The van der Waals surface area contributed by atoms with Gasteiger partial charge in [0.15, 0.2) is 0 Å². The Morgan fingerprint density at radius 3 is 2.16 bits per heavy atom. The molecule has 5 heteroatoms. The number of hydrogen-bond acceptors (Lipinski definition) is 5. The van der Waals surface area contributed by atoms with Crippen molar-refractivity contribution < 1.29 is 4.42 Å². The fraction of sp³-hybridized carbons (Fsp3) is 0.111. The molecule has 2 N–H and O–H groups in total. The smallest absolute Gasteiger partial charge is 0.232 e. The van der Waals surface area contributed by atoms with E-state index in [0.29, 0.717) is 5.71 Å². The van der Waals surface area contributed by atoms with Crippen LogP contribution < -0.4 is 10.6 Å². The second-order valence-corrected chi connectivity index (χ2v) is 7.56. The van der Waals surface area contributed by atoms with E-state index in [0.717, 1.165) is 52.3 Å². The Kier molecular flexibility index (Phi) is 5.54. The first-order valence-electron chi connectivity index (χ1n) is 10.7. The van der Waals surface area contributed by atoms with E-state index >= 15 is 0 Å². The van der Waals surface area contributed by atoms with Gasteiger partial charge in [-0.1, -0.05) is 72.8 Å². The minimum absolute atomic E-state index is 0.582. The molecule has 0 atom stereocenters. The summed E-state index contributed by atoms with van der Waals surface area (Å²) in [6, 6.07) is 28.9. The Labute approximate surface area is 187 Å². The number of nitrogens with one attached hydrogen (secondary N) is 2. The molecule has 2 aromatic heterocycles. The van der Waals surface area contributed by atoms with E-state index in [1.807, 2.05) is 43.4 Å². The predicted octanol–water partition coefficient (Wildman–Crippen LogP) is 6.25. The molecule has 0 aliphatic rings. The second kappa shape index (κ2) is 8.94. The van der Waals surface area contributed by atoms with Crippen LogP contribution in [0.5, 0.6) is 0 Å². The minimum Gasteiger partial charge on any atom is -0.437 e. The summed E-state index contributed by atoms with van der Waals surface area (Å²) in [6.07, 6.45) is 2.44. The van der Waals surface area contributed by atoms with Crippen molar-refractivity contribution in [3.63, 3.8) is 0 Å². The molecule has 0 saturated carbocycles. The summed E-state index contributed by atoms with van der Waals surface area (Å²) in [5.74, 6) is 1.59. The average molecular weight is 421 g/mol. The van der Waals surface area contributed by atoms with Gasteiger partial charge in [-0.3, -0.25) is 0 Å². The van der Waals surface area contributed by atoms with Gasteiger partial charge in [-0.25, -0.2) is 9.97 Å². The van der Waals surface area contributed by atoms with E-state index < -0.39 is 0 Å². The van der Waals surface area contributed by atoms with Gasteiger partial charge >= 0.3 is 0 Å². The van der Waals surface area contributed by atoms with Crippen LogP contribution in [0.3, 0.4) is 0 Å². The molecular weight excluding hydrogens is 396 g/mol. The largest absolute Gasteiger partial charge is 0.437 e. The number of benzene rings is 3. The monoisotopic (exact) mass is 420 g/mol. The lowest BCUT2D eigenvalue weighted by Crippen LogP contribution is -2.07. The highest BCUT2D eigenvalue weighted by atomic mass is 16.3. The maximum Gasteiger partial charge on any atom is 0.232 e. The Morgan fingerprint density at radius 1 is 0.781 bits per heavy atom. The molecule has 5 rings (SSSR count). The fourth-order valence-corrected chi connectivity index (χ4v) is 3.90. The third kappa shape index (κ3) is 3.93. The van der Waals surface area contributed by atoms with Crippen LogP contribution in [0.1, 0.15) is 5.56 Å². The number of fused-ring (bicyclic) bond motifs is 1. The molecule has 0 spiro atoms. The van der Waals surface area contributed by atoms with Crippen LogP contribution in [-0.2, 0) is 6.42 Å². The zero-order valence-corrected chi connectivity index (χ0v) is 17.9. The lowest BCUT2D eigenvalue weighted by atomic mass is 9.99. The van der Waals surface area contributed by atoms with Crippen molar-refractivity contribution >= 4 is 22.6 Å². The van der Waals surface area contributed by atoms with E-state index in [9.17, 15) is 0 Å². The summed E-state index contributed by atoms with van der Waals surface area (Å²) in [5, 5.41) is 7.57. The number of anilines is 2. The molecule has 5 aromatic rings. The SMILES string of the molecule is CNc1ccc(CCNc2ncnc3oc(-c4ccccc4)c(-c4ccccc4)c23)cc1. The van der Waals surface area contributed by atoms with Crippen LogP contribution in [0.25, 0.3) is 33.6 Å². The Balaban J connectivity index is 1.53. The molecule has 0 fully saturated rings. The zero-order valence-electron chi connectivity index (χ0n) is 17.9.